The van der Waals surface area contributed by atoms with Gasteiger partial charge in [0.15, 0.2) is 6.79 Å². The average Bonchev–Trinajstić information content (AvgIpc) is 2.38. The number of carbonyl (C=O) groups excluding carboxylic acids is 1. The second-order valence-corrected chi connectivity index (χ2v) is 5.55. The number of allylic oxidation sites excluding steroid dienone is 1. The van der Waals surface area contributed by atoms with E-state index in [2.05, 4.69) is 6.58 Å². The summed E-state index contributed by atoms with van der Waals surface area (Å²) < 4.78 is 24.0. The Morgan fingerprint density at radius 2 is 2.00 bits per heavy atom. The monoisotopic (exact) mass is 272 g/mol. The fourth-order valence-corrected chi connectivity index (χ4v) is 2.09. The van der Waals surface area contributed by atoms with E-state index in [1.54, 1.807) is 6.92 Å². The molecule has 4 heteroatoms. The van der Waals surface area contributed by atoms with Crippen LogP contribution in [-0.4, -0.2) is 25.0 Å². The van der Waals surface area contributed by atoms with Crippen molar-refractivity contribution < 1.29 is 18.7 Å². The zero-order valence-electron chi connectivity index (χ0n) is 12.0. The van der Waals surface area contributed by atoms with Crippen molar-refractivity contribution in [3.8, 4) is 0 Å². The molecule has 0 bridgehead atoms. The first kappa shape index (κ1) is 16.2. The molecule has 0 aromatic heterocycles. The van der Waals surface area contributed by atoms with Crippen LogP contribution in [0.5, 0.6) is 0 Å². The largest absolute Gasteiger partial charge is 0.438 e. The number of carbonyl (C=O) groups is 1. The molecule has 0 N–H and O–H groups in total. The lowest BCUT2D eigenvalue weighted by molar-refractivity contribution is -0.162. The molecule has 0 radical (unpaired) electrons. The van der Waals surface area contributed by atoms with Crippen molar-refractivity contribution in [1.82, 2.24) is 0 Å². The maximum atomic E-state index is 13.8. The summed E-state index contributed by atoms with van der Waals surface area (Å²) in [5, 5.41) is 0. The summed E-state index contributed by atoms with van der Waals surface area (Å²) in [6, 6.07) is 0. The minimum atomic E-state index is -1.42. The van der Waals surface area contributed by atoms with E-state index >= 15 is 0 Å². The minimum Gasteiger partial charge on any atom is -0.438 e. The van der Waals surface area contributed by atoms with Crippen molar-refractivity contribution in [2.24, 2.45) is 5.92 Å². The van der Waals surface area contributed by atoms with Gasteiger partial charge in [-0.1, -0.05) is 25.8 Å². The first-order valence-electron chi connectivity index (χ1n) is 7.03. The molecule has 0 aliphatic heterocycles. The summed E-state index contributed by atoms with van der Waals surface area (Å²) in [5.74, 6) is -0.151. The number of ether oxygens (including phenoxy) is 2. The highest BCUT2D eigenvalue weighted by Crippen LogP contribution is 2.25. The molecule has 1 atom stereocenters. The van der Waals surface area contributed by atoms with Gasteiger partial charge in [0.1, 0.15) is 5.67 Å². The van der Waals surface area contributed by atoms with Gasteiger partial charge in [-0.2, -0.15) is 0 Å². The van der Waals surface area contributed by atoms with Crippen LogP contribution in [0.2, 0.25) is 0 Å². The predicted octanol–water partition coefficient (Wildman–Crippen LogP) is 3.78. The standard InChI is InChI=1S/C15H25FO3/c1-12(2)15(3,16)9-10-18-11-19-14(17)13-7-5-4-6-8-13/h13H,1,4-11H2,2-3H3. The number of esters is 1. The molecule has 110 valence electrons. The van der Waals surface area contributed by atoms with Gasteiger partial charge >= 0.3 is 5.97 Å². The van der Waals surface area contributed by atoms with Crippen LogP contribution in [0.1, 0.15) is 52.4 Å². The van der Waals surface area contributed by atoms with Crippen LogP contribution < -0.4 is 0 Å². The van der Waals surface area contributed by atoms with Crippen LogP contribution in [0.25, 0.3) is 0 Å². The Morgan fingerprint density at radius 1 is 1.37 bits per heavy atom. The average molecular weight is 272 g/mol. The van der Waals surface area contributed by atoms with Crippen LogP contribution in [0.15, 0.2) is 12.2 Å². The van der Waals surface area contributed by atoms with Crippen LogP contribution in [0.3, 0.4) is 0 Å². The molecule has 0 aromatic rings. The summed E-state index contributed by atoms with van der Waals surface area (Å²) in [5.41, 5.74) is -0.941. The van der Waals surface area contributed by atoms with E-state index in [-0.39, 0.29) is 31.7 Å². The molecule has 1 rings (SSSR count). The normalized spacial score (nSPS) is 19.7. The van der Waals surface area contributed by atoms with Gasteiger partial charge in [-0.15, -0.1) is 0 Å². The van der Waals surface area contributed by atoms with Gasteiger partial charge in [-0.25, -0.2) is 4.39 Å². The SMILES string of the molecule is C=C(C)C(C)(F)CCOCOC(=O)C1CCCCC1. The molecule has 0 aromatic carbocycles. The summed E-state index contributed by atoms with van der Waals surface area (Å²) in [6.07, 6.45) is 5.45. The third-order valence-corrected chi connectivity index (χ3v) is 3.83. The predicted molar refractivity (Wildman–Crippen MR) is 72.4 cm³/mol. The van der Waals surface area contributed by atoms with Gasteiger partial charge in [-0.05, 0) is 32.3 Å². The zero-order valence-corrected chi connectivity index (χ0v) is 12.0. The van der Waals surface area contributed by atoms with Crippen molar-refractivity contribution in [3.63, 3.8) is 0 Å². The lowest BCUT2D eigenvalue weighted by Gasteiger charge is -2.21. The molecule has 0 saturated heterocycles. The van der Waals surface area contributed by atoms with Crippen LogP contribution >= 0.6 is 0 Å². The summed E-state index contributed by atoms with van der Waals surface area (Å²) in [6.45, 7) is 6.87. The molecule has 1 saturated carbocycles. The summed E-state index contributed by atoms with van der Waals surface area (Å²) in [7, 11) is 0. The fraction of sp³-hybridized carbons (Fsp3) is 0.800. The molecule has 0 heterocycles. The van der Waals surface area contributed by atoms with Crippen molar-refractivity contribution in [2.75, 3.05) is 13.4 Å². The Bertz CT molecular complexity index is 307. The van der Waals surface area contributed by atoms with Crippen molar-refractivity contribution >= 4 is 5.97 Å². The molecular formula is C15H25FO3. The molecule has 0 amide bonds. The lowest BCUT2D eigenvalue weighted by Crippen LogP contribution is -2.24. The van der Waals surface area contributed by atoms with E-state index in [1.165, 1.54) is 13.3 Å². The smallest absolute Gasteiger partial charge is 0.311 e. The Morgan fingerprint density at radius 3 is 2.58 bits per heavy atom. The highest BCUT2D eigenvalue weighted by Gasteiger charge is 2.24. The Labute approximate surface area is 115 Å². The number of halogens is 1. The van der Waals surface area contributed by atoms with E-state index in [4.69, 9.17) is 9.47 Å². The van der Waals surface area contributed by atoms with Gasteiger partial charge in [0.25, 0.3) is 0 Å². The van der Waals surface area contributed by atoms with Crippen molar-refractivity contribution in [2.45, 2.75) is 58.0 Å². The van der Waals surface area contributed by atoms with E-state index in [1.807, 2.05) is 0 Å². The van der Waals surface area contributed by atoms with Gasteiger partial charge in [0.2, 0.25) is 0 Å². The van der Waals surface area contributed by atoms with Gasteiger partial charge in [0, 0.05) is 6.42 Å². The maximum Gasteiger partial charge on any atom is 0.311 e. The van der Waals surface area contributed by atoms with E-state index < -0.39 is 5.67 Å². The number of rotatable bonds is 7. The topological polar surface area (TPSA) is 35.5 Å². The van der Waals surface area contributed by atoms with Gasteiger partial charge in [-0.3, -0.25) is 4.79 Å². The van der Waals surface area contributed by atoms with Gasteiger partial charge < -0.3 is 9.47 Å². The minimum absolute atomic E-state index is 0.0270. The maximum absolute atomic E-state index is 13.8. The number of hydrogen-bond donors (Lipinski definition) is 0. The molecule has 1 aliphatic rings. The Balaban J connectivity index is 2.10. The van der Waals surface area contributed by atoms with Crippen LogP contribution in [-0.2, 0) is 14.3 Å². The lowest BCUT2D eigenvalue weighted by atomic mass is 9.89. The first-order chi connectivity index (χ1) is 8.93. The highest BCUT2D eigenvalue weighted by molar-refractivity contribution is 5.72. The quantitative estimate of drug-likeness (QED) is 0.306. The highest BCUT2D eigenvalue weighted by atomic mass is 19.1. The molecule has 1 fully saturated rings. The summed E-state index contributed by atoms with van der Waals surface area (Å²) in [4.78, 5) is 11.7. The number of alkyl halides is 1. The third-order valence-electron chi connectivity index (χ3n) is 3.83. The molecule has 1 aliphatic carbocycles. The van der Waals surface area contributed by atoms with Crippen LogP contribution in [0, 0.1) is 5.92 Å². The molecule has 0 spiro atoms. The first-order valence-corrected chi connectivity index (χ1v) is 7.03. The Hall–Kier alpha value is -0.900. The zero-order chi connectivity index (χ0) is 14.3. The second-order valence-electron chi connectivity index (χ2n) is 5.55. The summed E-state index contributed by atoms with van der Waals surface area (Å²) >= 11 is 0. The molecule has 19 heavy (non-hydrogen) atoms. The van der Waals surface area contributed by atoms with E-state index in [0.29, 0.717) is 5.57 Å². The van der Waals surface area contributed by atoms with E-state index in [0.717, 1.165) is 25.7 Å². The second kappa shape index (κ2) is 7.63. The van der Waals surface area contributed by atoms with Crippen molar-refractivity contribution in [3.05, 3.63) is 12.2 Å². The van der Waals surface area contributed by atoms with Gasteiger partial charge in [0.05, 0.1) is 12.5 Å². The number of hydrogen-bond acceptors (Lipinski definition) is 3. The molecule has 1 unspecified atom stereocenters. The molecule has 3 nitrogen and oxygen atoms in total. The van der Waals surface area contributed by atoms with E-state index in [9.17, 15) is 9.18 Å². The molecular weight excluding hydrogens is 247 g/mol. The van der Waals surface area contributed by atoms with Crippen molar-refractivity contribution in [1.29, 1.82) is 0 Å². The fourth-order valence-electron chi connectivity index (χ4n) is 2.09. The Kier molecular flexibility index (Phi) is 6.49. The third kappa shape index (κ3) is 5.72. The van der Waals surface area contributed by atoms with Crippen LogP contribution in [0.4, 0.5) is 4.39 Å².